The molecule has 1 aromatic heterocycles. The van der Waals surface area contributed by atoms with Crippen molar-refractivity contribution < 1.29 is 23.8 Å². The van der Waals surface area contributed by atoms with Crippen LogP contribution in [0.3, 0.4) is 0 Å². The Hall–Kier alpha value is -2.70. The molecule has 6 heteroatoms. The van der Waals surface area contributed by atoms with E-state index in [1.165, 1.54) is 22.7 Å². The minimum absolute atomic E-state index is 0.0816. The Kier molecular flexibility index (Phi) is 7.15. The van der Waals surface area contributed by atoms with Crippen molar-refractivity contribution in [3.8, 4) is 0 Å². The van der Waals surface area contributed by atoms with E-state index < -0.39 is 11.6 Å². The molecule has 0 radical (unpaired) electrons. The minimum atomic E-state index is -1.17. The van der Waals surface area contributed by atoms with Crippen LogP contribution in [-0.4, -0.2) is 28.3 Å². The largest absolute Gasteiger partial charge is 0.479 e. The molecule has 1 saturated carbocycles. The second-order valence-electron chi connectivity index (χ2n) is 9.69. The lowest BCUT2D eigenvalue weighted by molar-refractivity contribution is -0.163. The third kappa shape index (κ3) is 5.63. The SMILES string of the molecule is Cc1cccc2cc(C(OCc3cocn3)[C@@H]3CCC[C@H](COC(C)(C)C(=O)O)C3)ccc12. The molecule has 1 heterocycles. The van der Waals surface area contributed by atoms with Gasteiger partial charge in [-0.3, -0.25) is 0 Å². The number of oxazole rings is 1. The molecule has 0 saturated heterocycles. The second kappa shape index (κ2) is 10.1. The summed E-state index contributed by atoms with van der Waals surface area (Å²) < 4.78 is 17.4. The summed E-state index contributed by atoms with van der Waals surface area (Å²) in [5.74, 6) is -0.312. The maximum absolute atomic E-state index is 11.4. The lowest BCUT2D eigenvalue weighted by Gasteiger charge is -2.35. The Morgan fingerprint density at radius 2 is 2.12 bits per heavy atom. The van der Waals surface area contributed by atoms with Crippen molar-refractivity contribution >= 4 is 16.7 Å². The average Bonchev–Trinajstić information content (AvgIpc) is 3.32. The zero-order valence-corrected chi connectivity index (χ0v) is 19.6. The van der Waals surface area contributed by atoms with Crippen LogP contribution >= 0.6 is 0 Å². The van der Waals surface area contributed by atoms with Crippen LogP contribution < -0.4 is 0 Å². The van der Waals surface area contributed by atoms with E-state index in [1.807, 2.05) is 0 Å². The van der Waals surface area contributed by atoms with Crippen molar-refractivity contribution in [1.29, 1.82) is 0 Å². The maximum Gasteiger partial charge on any atom is 0.335 e. The number of benzene rings is 2. The van der Waals surface area contributed by atoms with E-state index in [2.05, 4.69) is 48.3 Å². The van der Waals surface area contributed by atoms with Gasteiger partial charge >= 0.3 is 5.97 Å². The first-order valence-electron chi connectivity index (χ1n) is 11.7. The van der Waals surface area contributed by atoms with E-state index in [1.54, 1.807) is 20.1 Å². The fraction of sp³-hybridized carbons (Fsp3) is 0.481. The van der Waals surface area contributed by atoms with E-state index in [0.29, 0.717) is 25.0 Å². The molecule has 0 bridgehead atoms. The number of carbonyl (C=O) groups is 1. The van der Waals surface area contributed by atoms with Crippen LogP contribution in [0, 0.1) is 18.8 Å². The highest BCUT2D eigenvalue weighted by Crippen LogP contribution is 2.41. The summed E-state index contributed by atoms with van der Waals surface area (Å²) in [7, 11) is 0. The molecule has 0 spiro atoms. The molecule has 1 aliphatic rings. The van der Waals surface area contributed by atoms with Crippen molar-refractivity contribution in [3.05, 3.63) is 65.9 Å². The van der Waals surface area contributed by atoms with Gasteiger partial charge in [0.05, 0.1) is 19.3 Å². The monoisotopic (exact) mass is 451 g/mol. The average molecular weight is 452 g/mol. The van der Waals surface area contributed by atoms with Gasteiger partial charge < -0.3 is 19.0 Å². The highest BCUT2D eigenvalue weighted by molar-refractivity contribution is 5.86. The first kappa shape index (κ1) is 23.5. The lowest BCUT2D eigenvalue weighted by Crippen LogP contribution is -2.37. The van der Waals surface area contributed by atoms with Gasteiger partial charge in [0.1, 0.15) is 12.0 Å². The number of aryl methyl sites for hydroxylation is 1. The zero-order valence-electron chi connectivity index (χ0n) is 19.6. The number of rotatable bonds is 9. The van der Waals surface area contributed by atoms with Crippen molar-refractivity contribution in [2.75, 3.05) is 6.61 Å². The Labute approximate surface area is 194 Å². The predicted molar refractivity (Wildman–Crippen MR) is 126 cm³/mol. The fourth-order valence-corrected chi connectivity index (χ4v) is 4.78. The molecule has 3 atom stereocenters. The molecular formula is C27H33NO5. The third-order valence-corrected chi connectivity index (χ3v) is 6.79. The zero-order chi connectivity index (χ0) is 23.4. The summed E-state index contributed by atoms with van der Waals surface area (Å²) in [5.41, 5.74) is 2.02. The molecule has 2 aromatic carbocycles. The van der Waals surface area contributed by atoms with Crippen LogP contribution in [0.4, 0.5) is 0 Å². The molecule has 0 amide bonds. The van der Waals surface area contributed by atoms with Crippen LogP contribution in [0.25, 0.3) is 10.8 Å². The Morgan fingerprint density at radius 1 is 1.27 bits per heavy atom. The number of carboxylic acid groups (broad SMARTS) is 1. The van der Waals surface area contributed by atoms with Crippen molar-refractivity contribution in [2.24, 2.45) is 11.8 Å². The van der Waals surface area contributed by atoms with E-state index in [9.17, 15) is 9.90 Å². The standard InChI is InChI=1S/C27H33NO5/c1-18-6-4-8-20-13-22(10-11-24(18)20)25(32-16-23-15-31-17-28-23)21-9-5-7-19(12-21)14-33-27(2,3)26(29)30/h4,6,8,10-11,13,15,17,19,21,25H,5,7,9,12,14,16H2,1-3H3,(H,29,30)/t19-,21+,25?/m0/s1. The van der Waals surface area contributed by atoms with Crippen molar-refractivity contribution in [2.45, 2.75) is 64.8 Å². The van der Waals surface area contributed by atoms with Crippen molar-refractivity contribution in [1.82, 2.24) is 4.98 Å². The molecule has 176 valence electrons. The number of nitrogens with zero attached hydrogens (tertiary/aromatic N) is 1. The summed E-state index contributed by atoms with van der Waals surface area (Å²) in [6, 6.07) is 13.0. The molecule has 1 N–H and O–H groups in total. The number of fused-ring (bicyclic) bond motifs is 1. The van der Waals surface area contributed by atoms with Gasteiger partial charge in [-0.15, -0.1) is 0 Å². The number of carboxylic acids is 1. The highest BCUT2D eigenvalue weighted by atomic mass is 16.5. The van der Waals surface area contributed by atoms with Gasteiger partial charge in [-0.2, -0.15) is 0 Å². The molecule has 1 unspecified atom stereocenters. The molecular weight excluding hydrogens is 418 g/mol. The molecule has 33 heavy (non-hydrogen) atoms. The minimum Gasteiger partial charge on any atom is -0.479 e. The third-order valence-electron chi connectivity index (χ3n) is 6.79. The quantitative estimate of drug-likeness (QED) is 0.424. The van der Waals surface area contributed by atoms with Crippen LogP contribution in [0.5, 0.6) is 0 Å². The summed E-state index contributed by atoms with van der Waals surface area (Å²) in [6.45, 7) is 6.18. The number of hydrogen-bond acceptors (Lipinski definition) is 5. The van der Waals surface area contributed by atoms with Gasteiger partial charge in [-0.1, -0.05) is 36.8 Å². The van der Waals surface area contributed by atoms with E-state index in [0.717, 1.165) is 36.9 Å². The molecule has 6 nitrogen and oxygen atoms in total. The van der Waals surface area contributed by atoms with Gasteiger partial charge in [0.15, 0.2) is 12.0 Å². The Balaban J connectivity index is 1.54. The topological polar surface area (TPSA) is 81.8 Å². The first-order chi connectivity index (χ1) is 15.8. The molecule has 1 fully saturated rings. The second-order valence-corrected chi connectivity index (χ2v) is 9.69. The summed E-state index contributed by atoms with van der Waals surface area (Å²) in [5, 5.41) is 11.8. The molecule has 4 rings (SSSR count). The van der Waals surface area contributed by atoms with E-state index in [-0.39, 0.29) is 6.10 Å². The molecule has 1 aliphatic carbocycles. The summed E-state index contributed by atoms with van der Waals surface area (Å²) in [6.07, 6.45) is 7.07. The van der Waals surface area contributed by atoms with Crippen molar-refractivity contribution in [3.63, 3.8) is 0 Å². The van der Waals surface area contributed by atoms with E-state index in [4.69, 9.17) is 13.9 Å². The van der Waals surface area contributed by atoms with Crippen LogP contribution in [0.1, 0.15) is 62.5 Å². The summed E-state index contributed by atoms with van der Waals surface area (Å²) in [4.78, 5) is 15.6. The number of aromatic nitrogens is 1. The number of aliphatic carboxylic acids is 1. The van der Waals surface area contributed by atoms with E-state index >= 15 is 0 Å². The Bertz CT molecular complexity index is 1080. The van der Waals surface area contributed by atoms with Crippen LogP contribution in [-0.2, 0) is 20.9 Å². The van der Waals surface area contributed by atoms with Gasteiger partial charge in [-0.05, 0) is 79.8 Å². The predicted octanol–water partition coefficient (Wildman–Crippen LogP) is 6.08. The van der Waals surface area contributed by atoms with Gasteiger partial charge in [0.2, 0.25) is 0 Å². The summed E-state index contributed by atoms with van der Waals surface area (Å²) >= 11 is 0. The van der Waals surface area contributed by atoms with Gasteiger partial charge in [-0.25, -0.2) is 9.78 Å². The van der Waals surface area contributed by atoms with Crippen LogP contribution in [0.15, 0.2) is 53.5 Å². The lowest BCUT2D eigenvalue weighted by atomic mass is 9.77. The highest BCUT2D eigenvalue weighted by Gasteiger charge is 2.33. The maximum atomic E-state index is 11.4. The fourth-order valence-electron chi connectivity index (χ4n) is 4.78. The molecule has 3 aromatic rings. The first-order valence-corrected chi connectivity index (χ1v) is 11.7. The molecule has 0 aliphatic heterocycles. The number of hydrogen-bond donors (Lipinski definition) is 1. The van der Waals surface area contributed by atoms with Crippen LogP contribution in [0.2, 0.25) is 0 Å². The van der Waals surface area contributed by atoms with Gasteiger partial charge in [0, 0.05) is 0 Å². The van der Waals surface area contributed by atoms with Gasteiger partial charge in [0.25, 0.3) is 0 Å². The Morgan fingerprint density at radius 3 is 2.88 bits per heavy atom. The smallest absolute Gasteiger partial charge is 0.335 e. The normalized spacial score (nSPS) is 20.1. The number of ether oxygens (including phenoxy) is 2.